The van der Waals surface area contributed by atoms with Crippen LogP contribution in [0.25, 0.3) is 0 Å². The van der Waals surface area contributed by atoms with E-state index in [-0.39, 0.29) is 30.9 Å². The lowest BCUT2D eigenvalue weighted by atomic mass is 10.0. The van der Waals surface area contributed by atoms with Crippen molar-refractivity contribution in [1.82, 2.24) is 20.1 Å². The molecule has 3 heterocycles. The molecule has 3 rings (SSSR count). The van der Waals surface area contributed by atoms with Gasteiger partial charge >= 0.3 is 6.03 Å². The number of hydrogen-bond acceptors (Lipinski definition) is 5. The number of urea groups is 1. The Balaban J connectivity index is 1.71. The molecule has 1 N–H and O–H groups in total. The fourth-order valence-electron chi connectivity index (χ4n) is 2.88. The Morgan fingerprint density at radius 3 is 2.91 bits per heavy atom. The maximum absolute atomic E-state index is 12.6. The first-order valence-electron chi connectivity index (χ1n) is 7.35. The van der Waals surface area contributed by atoms with Crippen LogP contribution >= 0.6 is 11.3 Å². The summed E-state index contributed by atoms with van der Waals surface area (Å²) < 4.78 is 0. The van der Waals surface area contributed by atoms with E-state index in [0.717, 1.165) is 30.0 Å². The van der Waals surface area contributed by atoms with Crippen LogP contribution < -0.4 is 5.32 Å². The minimum Gasteiger partial charge on any atom is -0.332 e. The van der Waals surface area contributed by atoms with Crippen molar-refractivity contribution in [2.24, 2.45) is 0 Å². The smallest absolute Gasteiger partial charge is 0.325 e. The van der Waals surface area contributed by atoms with Gasteiger partial charge in [-0.05, 0) is 26.2 Å². The lowest BCUT2D eigenvalue weighted by molar-refractivity contribution is -0.135. The van der Waals surface area contributed by atoms with Crippen molar-refractivity contribution in [2.75, 3.05) is 19.6 Å². The number of thiazole rings is 1. The number of piperidine rings is 1. The number of aryl methyl sites for hydroxylation is 1. The number of nitrogens with zero attached hydrogens (tertiary/aromatic N) is 3. The summed E-state index contributed by atoms with van der Waals surface area (Å²) in [6, 6.07) is -0.502. The zero-order valence-electron chi connectivity index (χ0n) is 12.4. The predicted octanol–water partition coefficient (Wildman–Crippen LogP) is 1.06. The van der Waals surface area contributed by atoms with Gasteiger partial charge in [0, 0.05) is 17.6 Å². The first kappa shape index (κ1) is 15.0. The van der Waals surface area contributed by atoms with Crippen molar-refractivity contribution in [3.63, 3.8) is 0 Å². The van der Waals surface area contributed by atoms with Gasteiger partial charge in [0.15, 0.2) is 0 Å². The van der Waals surface area contributed by atoms with E-state index in [1.54, 1.807) is 16.2 Å². The summed E-state index contributed by atoms with van der Waals surface area (Å²) >= 11 is 1.57. The Labute approximate surface area is 132 Å². The van der Waals surface area contributed by atoms with Crippen molar-refractivity contribution < 1.29 is 14.4 Å². The Morgan fingerprint density at radius 1 is 1.45 bits per heavy atom. The van der Waals surface area contributed by atoms with E-state index in [9.17, 15) is 14.4 Å². The zero-order valence-corrected chi connectivity index (χ0v) is 13.2. The van der Waals surface area contributed by atoms with Crippen LogP contribution in [0.4, 0.5) is 4.79 Å². The normalized spacial score (nSPS) is 22.1. The van der Waals surface area contributed by atoms with Crippen LogP contribution in [-0.4, -0.2) is 52.3 Å². The molecule has 0 aliphatic carbocycles. The highest BCUT2D eigenvalue weighted by Gasteiger charge is 2.34. The average Bonchev–Trinajstić information content (AvgIpc) is 3.05. The lowest BCUT2D eigenvalue weighted by Gasteiger charge is -2.35. The number of carbonyl (C=O) groups is 3. The second-order valence-corrected chi connectivity index (χ2v) is 6.52. The Morgan fingerprint density at radius 2 is 2.27 bits per heavy atom. The highest BCUT2D eigenvalue weighted by atomic mass is 32.1. The third-order valence-electron chi connectivity index (χ3n) is 3.94. The maximum Gasteiger partial charge on any atom is 0.325 e. The number of nitrogens with one attached hydrogen (secondary N) is 1. The van der Waals surface area contributed by atoms with Gasteiger partial charge in [0.1, 0.15) is 18.1 Å². The van der Waals surface area contributed by atoms with Gasteiger partial charge in [-0.1, -0.05) is 0 Å². The van der Waals surface area contributed by atoms with E-state index in [1.165, 1.54) is 4.90 Å². The summed E-state index contributed by atoms with van der Waals surface area (Å²) in [6.07, 6.45) is 2.91. The van der Waals surface area contributed by atoms with Crippen molar-refractivity contribution in [1.29, 1.82) is 0 Å². The van der Waals surface area contributed by atoms with Gasteiger partial charge in [-0.2, -0.15) is 0 Å². The maximum atomic E-state index is 12.6. The van der Waals surface area contributed by atoms with Crippen LogP contribution in [-0.2, 0) is 9.59 Å². The van der Waals surface area contributed by atoms with Crippen LogP contribution in [0, 0.1) is 6.92 Å². The topological polar surface area (TPSA) is 82.6 Å². The summed E-state index contributed by atoms with van der Waals surface area (Å²) in [6.45, 7) is 2.51. The standard InChI is InChI=1S/C14H18N4O3S/c1-9-8-22-13(15-9)10-4-2-3-5-18(10)12(20)7-17-6-11(19)16-14(17)21/h8,10H,2-7H2,1H3,(H,16,19,21)/t10-/m1/s1. The molecule has 4 amide bonds. The molecule has 1 aromatic heterocycles. The molecular formula is C14H18N4O3S. The third kappa shape index (κ3) is 2.96. The molecule has 22 heavy (non-hydrogen) atoms. The highest BCUT2D eigenvalue weighted by Crippen LogP contribution is 2.32. The van der Waals surface area contributed by atoms with Gasteiger partial charge in [-0.15, -0.1) is 11.3 Å². The van der Waals surface area contributed by atoms with E-state index >= 15 is 0 Å². The number of carbonyl (C=O) groups excluding carboxylic acids is 3. The fourth-order valence-corrected chi connectivity index (χ4v) is 3.82. The van der Waals surface area contributed by atoms with Gasteiger partial charge in [-0.3, -0.25) is 14.9 Å². The first-order valence-corrected chi connectivity index (χ1v) is 8.23. The Bertz CT molecular complexity index is 615. The summed E-state index contributed by atoms with van der Waals surface area (Å²) in [4.78, 5) is 42.9. The molecule has 0 unspecified atom stereocenters. The highest BCUT2D eigenvalue weighted by molar-refractivity contribution is 7.09. The molecule has 7 nitrogen and oxygen atoms in total. The van der Waals surface area contributed by atoms with Crippen LogP contribution in [0.5, 0.6) is 0 Å². The summed E-state index contributed by atoms with van der Waals surface area (Å²) in [5.41, 5.74) is 0.961. The molecule has 0 bridgehead atoms. The number of aromatic nitrogens is 1. The molecule has 0 aromatic carbocycles. The number of imide groups is 1. The van der Waals surface area contributed by atoms with Crippen molar-refractivity contribution in [2.45, 2.75) is 32.2 Å². The van der Waals surface area contributed by atoms with Crippen LogP contribution in [0.2, 0.25) is 0 Å². The second-order valence-electron chi connectivity index (χ2n) is 5.64. The number of hydrogen-bond donors (Lipinski definition) is 1. The van der Waals surface area contributed by atoms with Crippen LogP contribution in [0.15, 0.2) is 5.38 Å². The fraction of sp³-hybridized carbons (Fsp3) is 0.571. The quantitative estimate of drug-likeness (QED) is 0.844. The van der Waals surface area contributed by atoms with E-state index in [2.05, 4.69) is 10.3 Å². The average molecular weight is 322 g/mol. The Hall–Kier alpha value is -1.96. The summed E-state index contributed by atoms with van der Waals surface area (Å²) in [5.74, 6) is -0.481. The zero-order chi connectivity index (χ0) is 15.7. The molecule has 0 saturated carbocycles. The Kier molecular flexibility index (Phi) is 4.10. The van der Waals surface area contributed by atoms with Gasteiger partial charge in [0.25, 0.3) is 0 Å². The number of likely N-dealkylation sites (tertiary alicyclic amines) is 1. The van der Waals surface area contributed by atoms with Crippen molar-refractivity contribution >= 4 is 29.2 Å². The first-order chi connectivity index (χ1) is 10.5. The van der Waals surface area contributed by atoms with E-state index in [1.807, 2.05) is 12.3 Å². The molecule has 118 valence electrons. The summed E-state index contributed by atoms with van der Waals surface area (Å²) in [7, 11) is 0. The van der Waals surface area contributed by atoms with Crippen LogP contribution in [0.1, 0.15) is 36.0 Å². The number of rotatable bonds is 3. The molecule has 1 aromatic rings. The van der Waals surface area contributed by atoms with E-state index in [0.29, 0.717) is 6.54 Å². The van der Waals surface area contributed by atoms with Gasteiger partial charge in [0.2, 0.25) is 11.8 Å². The predicted molar refractivity (Wildman–Crippen MR) is 80.3 cm³/mol. The van der Waals surface area contributed by atoms with Gasteiger partial charge in [-0.25, -0.2) is 9.78 Å². The van der Waals surface area contributed by atoms with Gasteiger partial charge in [0.05, 0.1) is 6.04 Å². The third-order valence-corrected chi connectivity index (χ3v) is 5.00. The van der Waals surface area contributed by atoms with Crippen LogP contribution in [0.3, 0.4) is 0 Å². The molecule has 2 aliphatic rings. The second kappa shape index (κ2) is 6.04. The monoisotopic (exact) mass is 322 g/mol. The lowest BCUT2D eigenvalue weighted by Crippen LogP contribution is -2.45. The summed E-state index contributed by atoms with van der Waals surface area (Å²) in [5, 5.41) is 5.13. The minimum absolute atomic E-state index is 0.0127. The molecule has 0 radical (unpaired) electrons. The SMILES string of the molecule is Cc1csc([C@H]2CCCCN2C(=O)CN2CC(=O)NC2=O)n1. The van der Waals surface area contributed by atoms with E-state index in [4.69, 9.17) is 0 Å². The number of amides is 4. The molecular weight excluding hydrogens is 304 g/mol. The molecule has 2 aliphatic heterocycles. The molecule has 0 spiro atoms. The molecule has 2 saturated heterocycles. The largest absolute Gasteiger partial charge is 0.332 e. The van der Waals surface area contributed by atoms with Crippen molar-refractivity contribution in [3.05, 3.63) is 16.1 Å². The van der Waals surface area contributed by atoms with Crippen molar-refractivity contribution in [3.8, 4) is 0 Å². The van der Waals surface area contributed by atoms with Gasteiger partial charge < -0.3 is 9.80 Å². The minimum atomic E-state index is -0.489. The van der Waals surface area contributed by atoms with E-state index < -0.39 is 6.03 Å². The molecule has 8 heteroatoms. The molecule has 1 atom stereocenters. The molecule has 2 fully saturated rings.